The number of nitrogens with zero attached hydrogens (tertiary/aromatic N) is 2. The first kappa shape index (κ1) is 44.7. The first-order valence-electron chi connectivity index (χ1n) is 17.8. The molecule has 2 fully saturated rings. The molecule has 6 heteroatoms. The van der Waals surface area contributed by atoms with Gasteiger partial charge in [-0.15, -0.1) is 11.8 Å². The molecule has 0 aromatic heterocycles. The Morgan fingerprint density at radius 1 is 0.609 bits per heavy atom. The second kappa shape index (κ2) is 31.5. The average molecular weight is 637 g/mol. The highest BCUT2D eigenvalue weighted by atomic mass is 16.2. The molecule has 0 saturated carbocycles. The van der Waals surface area contributed by atoms with Crippen molar-refractivity contribution < 1.29 is 9.59 Å². The van der Waals surface area contributed by atoms with E-state index in [-0.39, 0.29) is 12.1 Å². The Hall–Kier alpha value is -3.46. The second-order valence-corrected chi connectivity index (χ2v) is 10.9. The van der Waals surface area contributed by atoms with Gasteiger partial charge in [0.05, 0.1) is 0 Å². The first-order valence-corrected chi connectivity index (χ1v) is 17.8. The third-order valence-corrected chi connectivity index (χ3v) is 7.72. The molecule has 0 radical (unpaired) electrons. The summed E-state index contributed by atoms with van der Waals surface area (Å²) in [6.07, 6.45) is 9.38. The molecule has 0 spiro atoms. The number of amides is 4. The van der Waals surface area contributed by atoms with Crippen LogP contribution in [0.5, 0.6) is 0 Å². The monoisotopic (exact) mass is 637 g/mol. The Morgan fingerprint density at radius 2 is 0.891 bits per heavy atom. The zero-order chi connectivity index (χ0) is 35.0. The summed E-state index contributed by atoms with van der Waals surface area (Å²) >= 11 is 0. The molecule has 2 N–H and O–H groups in total. The summed E-state index contributed by atoms with van der Waals surface area (Å²) in [6.45, 7) is 19.5. The largest absolute Gasteiger partial charge is 0.341 e. The van der Waals surface area contributed by atoms with Crippen molar-refractivity contribution in [3.8, 4) is 11.8 Å². The highest BCUT2D eigenvalue weighted by molar-refractivity contribution is 5.74. The van der Waals surface area contributed by atoms with Crippen molar-refractivity contribution in [3.63, 3.8) is 0 Å². The SMILES string of the molecule is CC.CC.CC#CC.CCCC.CNC(=O)N1CCC(Cc2ccccc2)CC1.CNC(=O)N1CCC(Cc2ccccc2)CC1. The molecule has 2 aromatic carbocycles. The van der Waals surface area contributed by atoms with Gasteiger partial charge in [-0.25, -0.2) is 9.59 Å². The van der Waals surface area contributed by atoms with Crippen LogP contribution in [0.25, 0.3) is 0 Å². The lowest BCUT2D eigenvalue weighted by atomic mass is 9.90. The molecule has 2 aliphatic heterocycles. The van der Waals surface area contributed by atoms with Crippen LogP contribution in [-0.2, 0) is 12.8 Å². The molecular formula is C40H68N4O2. The van der Waals surface area contributed by atoms with Crippen molar-refractivity contribution >= 4 is 12.1 Å². The van der Waals surface area contributed by atoms with Crippen LogP contribution in [0.4, 0.5) is 9.59 Å². The zero-order valence-corrected chi connectivity index (χ0v) is 31.1. The zero-order valence-electron chi connectivity index (χ0n) is 31.1. The van der Waals surface area contributed by atoms with Gasteiger partial charge in [0.2, 0.25) is 0 Å². The number of nitrogens with one attached hydrogen (secondary N) is 2. The van der Waals surface area contributed by atoms with Crippen LogP contribution in [0.1, 0.15) is 105 Å². The van der Waals surface area contributed by atoms with Gasteiger partial charge >= 0.3 is 12.1 Å². The normalized spacial score (nSPS) is 13.7. The van der Waals surface area contributed by atoms with Crippen LogP contribution >= 0.6 is 0 Å². The van der Waals surface area contributed by atoms with E-state index in [0.29, 0.717) is 0 Å². The molecule has 46 heavy (non-hydrogen) atoms. The van der Waals surface area contributed by atoms with E-state index in [2.05, 4.69) is 97.0 Å². The van der Waals surface area contributed by atoms with E-state index in [9.17, 15) is 9.59 Å². The molecule has 2 heterocycles. The number of hydrogen-bond donors (Lipinski definition) is 2. The lowest BCUT2D eigenvalue weighted by molar-refractivity contribution is 0.172. The summed E-state index contributed by atoms with van der Waals surface area (Å²) in [4.78, 5) is 26.7. The molecular weight excluding hydrogens is 568 g/mol. The van der Waals surface area contributed by atoms with Gasteiger partial charge in [0, 0.05) is 40.3 Å². The number of likely N-dealkylation sites (tertiary alicyclic amines) is 2. The van der Waals surface area contributed by atoms with Crippen LogP contribution in [0.3, 0.4) is 0 Å². The summed E-state index contributed by atoms with van der Waals surface area (Å²) < 4.78 is 0. The van der Waals surface area contributed by atoms with Gasteiger partial charge in [-0.05, 0) is 75.3 Å². The smallest absolute Gasteiger partial charge is 0.317 e. The number of carbonyl (C=O) groups is 2. The fourth-order valence-corrected chi connectivity index (χ4v) is 4.89. The highest BCUT2D eigenvalue weighted by Gasteiger charge is 2.23. The molecule has 260 valence electrons. The number of rotatable bonds is 5. The minimum Gasteiger partial charge on any atom is -0.341 e. The van der Waals surface area contributed by atoms with Gasteiger partial charge in [-0.2, -0.15) is 0 Å². The topological polar surface area (TPSA) is 64.7 Å². The van der Waals surface area contributed by atoms with Crippen molar-refractivity contribution in [2.45, 2.75) is 107 Å². The molecule has 6 nitrogen and oxygen atoms in total. The number of hydrogen-bond acceptors (Lipinski definition) is 2. The second-order valence-electron chi connectivity index (χ2n) is 10.9. The van der Waals surface area contributed by atoms with E-state index in [0.717, 1.165) is 76.5 Å². The van der Waals surface area contributed by atoms with Gasteiger partial charge in [-0.3, -0.25) is 0 Å². The molecule has 2 aliphatic rings. The van der Waals surface area contributed by atoms with Crippen LogP contribution < -0.4 is 10.6 Å². The molecule has 2 aromatic rings. The lowest BCUT2D eigenvalue weighted by Crippen LogP contribution is -2.43. The molecule has 0 unspecified atom stereocenters. The van der Waals surface area contributed by atoms with E-state index in [1.807, 2.05) is 51.3 Å². The fraction of sp³-hybridized carbons (Fsp3) is 0.600. The number of urea groups is 2. The van der Waals surface area contributed by atoms with Crippen molar-refractivity contribution in [1.29, 1.82) is 0 Å². The predicted molar refractivity (Wildman–Crippen MR) is 200 cm³/mol. The third kappa shape index (κ3) is 21.3. The van der Waals surface area contributed by atoms with E-state index >= 15 is 0 Å². The summed E-state index contributed by atoms with van der Waals surface area (Å²) in [7, 11) is 3.39. The fourth-order valence-electron chi connectivity index (χ4n) is 4.89. The standard InChI is InChI=1S/2C14H20N2O.C4H10.C4H6.2C2H6/c2*1-15-14(17)16-9-7-13(8-10-16)11-12-5-3-2-4-6-12;2*1-3-4-2;2*1-2/h2*2-6,13H,7-11H2,1H3,(H,15,17);3-4H2,1-2H3;1-2H3;2*1-2H3. The maximum absolute atomic E-state index is 11.4. The summed E-state index contributed by atoms with van der Waals surface area (Å²) in [5.41, 5.74) is 2.82. The molecule has 0 atom stereocenters. The van der Waals surface area contributed by atoms with Gasteiger partial charge in [0.1, 0.15) is 0 Å². The van der Waals surface area contributed by atoms with Gasteiger partial charge in [0.25, 0.3) is 0 Å². The molecule has 2 saturated heterocycles. The summed E-state index contributed by atoms with van der Waals surface area (Å²) in [6, 6.07) is 21.3. The Labute approximate surface area is 284 Å². The van der Waals surface area contributed by atoms with E-state index in [4.69, 9.17) is 0 Å². The van der Waals surface area contributed by atoms with E-state index < -0.39 is 0 Å². The van der Waals surface area contributed by atoms with Gasteiger partial charge in [-0.1, -0.05) is 115 Å². The maximum atomic E-state index is 11.4. The maximum Gasteiger partial charge on any atom is 0.317 e. The number of unbranched alkanes of at least 4 members (excludes halogenated alkanes) is 1. The summed E-state index contributed by atoms with van der Waals surface area (Å²) in [5, 5.41) is 5.37. The minimum atomic E-state index is 0.0585. The average Bonchev–Trinajstić information content (AvgIpc) is 3.14. The number of benzene rings is 2. The van der Waals surface area contributed by atoms with E-state index in [1.165, 1.54) is 24.0 Å². The van der Waals surface area contributed by atoms with E-state index in [1.54, 1.807) is 14.1 Å². The number of piperidine rings is 2. The third-order valence-electron chi connectivity index (χ3n) is 7.72. The lowest BCUT2D eigenvalue weighted by Gasteiger charge is -2.31. The van der Waals surface area contributed by atoms with Crippen LogP contribution in [0.2, 0.25) is 0 Å². The summed E-state index contributed by atoms with van der Waals surface area (Å²) in [5.74, 6) is 6.80. The highest BCUT2D eigenvalue weighted by Crippen LogP contribution is 2.22. The molecule has 4 rings (SSSR count). The van der Waals surface area contributed by atoms with Crippen LogP contribution in [0.15, 0.2) is 60.7 Å². The van der Waals surface area contributed by atoms with Crippen LogP contribution in [-0.4, -0.2) is 62.1 Å². The number of carbonyl (C=O) groups excluding carboxylic acids is 2. The molecule has 0 aliphatic carbocycles. The quantitative estimate of drug-likeness (QED) is 0.321. The Morgan fingerprint density at radius 3 is 1.11 bits per heavy atom. The van der Waals surface area contributed by atoms with Crippen molar-refractivity contribution in [1.82, 2.24) is 20.4 Å². The Bertz CT molecular complexity index is 936. The Kier molecular flexibility index (Phi) is 30.6. The predicted octanol–water partition coefficient (Wildman–Crippen LogP) is 9.45. The minimum absolute atomic E-state index is 0.0585. The van der Waals surface area contributed by atoms with Gasteiger partial charge < -0.3 is 20.4 Å². The van der Waals surface area contributed by atoms with Crippen molar-refractivity contribution in [2.75, 3.05) is 40.3 Å². The first-order chi connectivity index (χ1) is 22.4. The van der Waals surface area contributed by atoms with Crippen LogP contribution in [0, 0.1) is 23.7 Å². The molecule has 4 amide bonds. The van der Waals surface area contributed by atoms with Crippen molar-refractivity contribution in [2.24, 2.45) is 11.8 Å². The van der Waals surface area contributed by atoms with Crippen molar-refractivity contribution in [3.05, 3.63) is 71.8 Å². The Balaban J connectivity index is 0. The van der Waals surface area contributed by atoms with Gasteiger partial charge in [0.15, 0.2) is 0 Å². The molecule has 0 bridgehead atoms.